The molecule has 0 heterocycles. The number of carbonyl (C=O) groups excluding carboxylic acids is 2. The minimum absolute atomic E-state index is 0.187. The van der Waals surface area contributed by atoms with Crippen LogP contribution in [0, 0.1) is 6.92 Å². The number of benzene rings is 2. The van der Waals surface area contributed by atoms with Crippen LogP contribution in [0.2, 0.25) is 0 Å². The first-order valence-corrected chi connectivity index (χ1v) is 8.88. The average molecular weight is 420 g/mol. The summed E-state index contributed by atoms with van der Waals surface area (Å²) < 4.78 is 6.29. The summed E-state index contributed by atoms with van der Waals surface area (Å²) in [6.45, 7) is 5.18. The highest BCUT2D eigenvalue weighted by Gasteiger charge is 2.16. The molecule has 1 atom stereocenters. The van der Waals surface area contributed by atoms with Crippen molar-refractivity contribution in [3.8, 4) is 5.75 Å². The van der Waals surface area contributed by atoms with Crippen molar-refractivity contribution in [2.24, 2.45) is 0 Å². The quantitative estimate of drug-likeness (QED) is 0.656. The van der Waals surface area contributed by atoms with Crippen LogP contribution in [0.25, 0.3) is 0 Å². The summed E-state index contributed by atoms with van der Waals surface area (Å²) in [5.41, 5.74) is 3.00. The van der Waals surface area contributed by atoms with Crippen molar-refractivity contribution in [3.63, 3.8) is 0 Å². The smallest absolute Gasteiger partial charge is 0.246 e. The van der Waals surface area contributed by atoms with Gasteiger partial charge in [0.1, 0.15) is 11.8 Å². The van der Waals surface area contributed by atoms with Crippen molar-refractivity contribution in [2.75, 3.05) is 23.1 Å². The van der Waals surface area contributed by atoms with Gasteiger partial charge in [0, 0.05) is 22.8 Å². The summed E-state index contributed by atoms with van der Waals surface area (Å²) in [7, 11) is 1.52. The number of nitrogens with one attached hydrogen (secondary N) is 3. The third kappa shape index (κ3) is 5.23. The van der Waals surface area contributed by atoms with E-state index < -0.39 is 6.04 Å². The Morgan fingerprint density at radius 2 is 1.77 bits per heavy atom. The Morgan fingerprint density at radius 3 is 2.38 bits per heavy atom. The number of anilines is 3. The molecule has 0 aromatic heterocycles. The molecule has 2 rings (SSSR count). The molecule has 138 valence electrons. The maximum Gasteiger partial charge on any atom is 0.246 e. The van der Waals surface area contributed by atoms with Crippen LogP contribution in [-0.2, 0) is 9.59 Å². The third-order valence-corrected chi connectivity index (χ3v) is 4.60. The van der Waals surface area contributed by atoms with Gasteiger partial charge in [0.25, 0.3) is 0 Å². The molecule has 0 saturated heterocycles. The predicted octanol–water partition coefficient (Wildman–Crippen LogP) is 4.16. The number of carbonyl (C=O) groups is 2. The molecule has 0 aliphatic carbocycles. The van der Waals surface area contributed by atoms with Gasteiger partial charge in [-0.15, -0.1) is 0 Å². The number of amides is 2. The number of hydrogen-bond donors (Lipinski definition) is 3. The molecule has 0 fully saturated rings. The Balaban J connectivity index is 2.11. The van der Waals surface area contributed by atoms with Crippen molar-refractivity contribution >= 4 is 44.8 Å². The molecule has 2 aromatic carbocycles. The minimum Gasteiger partial charge on any atom is -0.495 e. The Bertz CT molecular complexity index is 824. The van der Waals surface area contributed by atoms with Crippen LogP contribution in [0.5, 0.6) is 5.75 Å². The number of ether oxygens (including phenoxy) is 1. The van der Waals surface area contributed by atoms with E-state index in [1.165, 1.54) is 14.0 Å². The van der Waals surface area contributed by atoms with Gasteiger partial charge in [-0.25, -0.2) is 0 Å². The summed E-state index contributed by atoms with van der Waals surface area (Å²) in [6.07, 6.45) is 0. The molecule has 0 saturated carbocycles. The molecule has 0 bridgehead atoms. The van der Waals surface area contributed by atoms with Gasteiger partial charge in [0.2, 0.25) is 11.8 Å². The van der Waals surface area contributed by atoms with Crippen LogP contribution in [0.3, 0.4) is 0 Å². The van der Waals surface area contributed by atoms with Gasteiger partial charge in [-0.1, -0.05) is 15.9 Å². The fourth-order valence-corrected chi connectivity index (χ4v) is 2.62. The molecule has 7 heteroatoms. The largest absolute Gasteiger partial charge is 0.495 e. The molecular formula is C19H22BrN3O3. The molecule has 6 nitrogen and oxygen atoms in total. The number of hydrogen-bond acceptors (Lipinski definition) is 4. The SMILES string of the molecule is COc1ccc(NC(C)=O)cc1NC(=O)C(C)Nc1ccc(Br)c(C)c1. The second kappa shape index (κ2) is 8.71. The normalized spacial score (nSPS) is 11.4. The Morgan fingerprint density at radius 1 is 1.08 bits per heavy atom. The predicted molar refractivity (Wildman–Crippen MR) is 108 cm³/mol. The molecule has 0 radical (unpaired) electrons. The van der Waals surface area contributed by atoms with Crippen molar-refractivity contribution in [1.82, 2.24) is 0 Å². The highest BCUT2D eigenvalue weighted by atomic mass is 79.9. The number of halogens is 1. The molecular weight excluding hydrogens is 398 g/mol. The lowest BCUT2D eigenvalue weighted by molar-refractivity contribution is -0.116. The zero-order valence-electron chi connectivity index (χ0n) is 15.1. The van der Waals surface area contributed by atoms with Gasteiger partial charge < -0.3 is 20.7 Å². The van der Waals surface area contributed by atoms with E-state index in [9.17, 15) is 9.59 Å². The van der Waals surface area contributed by atoms with Crippen molar-refractivity contribution in [1.29, 1.82) is 0 Å². The van der Waals surface area contributed by atoms with Gasteiger partial charge in [-0.3, -0.25) is 9.59 Å². The highest BCUT2D eigenvalue weighted by molar-refractivity contribution is 9.10. The molecule has 2 aromatic rings. The fourth-order valence-electron chi connectivity index (χ4n) is 2.38. The second-order valence-electron chi connectivity index (χ2n) is 5.92. The van der Waals surface area contributed by atoms with Gasteiger partial charge in [-0.05, 0) is 55.8 Å². The maximum absolute atomic E-state index is 12.5. The first kappa shape index (κ1) is 19.8. The molecule has 0 aliphatic heterocycles. The van der Waals surface area contributed by atoms with Crippen LogP contribution in [-0.4, -0.2) is 25.0 Å². The minimum atomic E-state index is -0.468. The van der Waals surface area contributed by atoms with E-state index in [1.54, 1.807) is 25.1 Å². The van der Waals surface area contributed by atoms with Crippen LogP contribution in [0.4, 0.5) is 17.1 Å². The Kier molecular flexibility index (Phi) is 6.63. The maximum atomic E-state index is 12.5. The zero-order valence-corrected chi connectivity index (χ0v) is 16.7. The van der Waals surface area contributed by atoms with Crippen molar-refractivity contribution in [2.45, 2.75) is 26.8 Å². The van der Waals surface area contributed by atoms with E-state index in [4.69, 9.17) is 4.74 Å². The molecule has 2 amide bonds. The van der Waals surface area contributed by atoms with Crippen molar-refractivity contribution < 1.29 is 14.3 Å². The molecule has 3 N–H and O–H groups in total. The molecule has 26 heavy (non-hydrogen) atoms. The summed E-state index contributed by atoms with van der Waals surface area (Å²) >= 11 is 3.46. The lowest BCUT2D eigenvalue weighted by atomic mass is 10.2. The second-order valence-corrected chi connectivity index (χ2v) is 6.77. The number of methoxy groups -OCH3 is 1. The Hall–Kier alpha value is -2.54. The van der Waals surface area contributed by atoms with E-state index in [2.05, 4.69) is 31.9 Å². The van der Waals surface area contributed by atoms with E-state index in [0.29, 0.717) is 17.1 Å². The standard InChI is InChI=1S/C19H22BrN3O3/c1-11-9-14(5-7-16(11)20)21-12(2)19(25)23-17-10-15(22-13(3)24)6-8-18(17)26-4/h5-10,12,21H,1-4H3,(H,22,24)(H,23,25). The van der Waals surface area contributed by atoms with Crippen LogP contribution in [0.1, 0.15) is 19.4 Å². The lowest BCUT2D eigenvalue weighted by Crippen LogP contribution is -2.32. The summed E-state index contributed by atoms with van der Waals surface area (Å²) in [4.78, 5) is 23.8. The van der Waals surface area contributed by atoms with E-state index in [1.807, 2.05) is 25.1 Å². The summed E-state index contributed by atoms with van der Waals surface area (Å²) in [5.74, 6) is 0.107. The molecule has 1 unspecified atom stereocenters. The van der Waals surface area contributed by atoms with Gasteiger partial charge in [0.15, 0.2) is 0 Å². The first-order chi connectivity index (χ1) is 12.3. The van der Waals surface area contributed by atoms with Gasteiger partial charge in [-0.2, -0.15) is 0 Å². The third-order valence-electron chi connectivity index (χ3n) is 3.71. The lowest BCUT2D eigenvalue weighted by Gasteiger charge is -2.18. The molecule has 0 spiro atoms. The van der Waals surface area contributed by atoms with E-state index >= 15 is 0 Å². The van der Waals surface area contributed by atoms with Crippen LogP contribution < -0.4 is 20.7 Å². The topological polar surface area (TPSA) is 79.5 Å². The summed E-state index contributed by atoms with van der Waals surface area (Å²) in [5, 5.41) is 8.69. The number of aryl methyl sites for hydroxylation is 1. The zero-order chi connectivity index (χ0) is 19.3. The average Bonchev–Trinajstić information content (AvgIpc) is 2.58. The Labute approximate surface area is 161 Å². The van der Waals surface area contributed by atoms with E-state index in [0.717, 1.165) is 15.7 Å². The van der Waals surface area contributed by atoms with Gasteiger partial charge >= 0.3 is 0 Å². The van der Waals surface area contributed by atoms with E-state index in [-0.39, 0.29) is 11.8 Å². The number of rotatable bonds is 6. The summed E-state index contributed by atoms with van der Waals surface area (Å²) in [6, 6.07) is 10.4. The van der Waals surface area contributed by atoms with Gasteiger partial charge in [0.05, 0.1) is 12.8 Å². The van der Waals surface area contributed by atoms with Crippen molar-refractivity contribution in [3.05, 3.63) is 46.4 Å². The highest BCUT2D eigenvalue weighted by Crippen LogP contribution is 2.28. The monoisotopic (exact) mass is 419 g/mol. The first-order valence-electron chi connectivity index (χ1n) is 8.09. The van der Waals surface area contributed by atoms with Crippen LogP contribution >= 0.6 is 15.9 Å². The fraction of sp³-hybridized carbons (Fsp3) is 0.263. The van der Waals surface area contributed by atoms with Crippen LogP contribution in [0.15, 0.2) is 40.9 Å². The molecule has 0 aliphatic rings.